The number of imidazole rings is 1. The number of carbonyl (C=O) groups excluding carboxylic acids is 2. The summed E-state index contributed by atoms with van der Waals surface area (Å²) in [5.74, 6) is -1.31. The molecule has 1 saturated heterocycles. The highest BCUT2D eigenvalue weighted by Gasteiger charge is 2.41. The van der Waals surface area contributed by atoms with Crippen molar-refractivity contribution in [1.29, 1.82) is 5.26 Å². The molecule has 1 aromatic carbocycles. The van der Waals surface area contributed by atoms with Gasteiger partial charge in [-0.25, -0.2) is 24.4 Å². The average molecular weight is 612 g/mol. The van der Waals surface area contributed by atoms with E-state index in [2.05, 4.69) is 58.7 Å². The molecule has 4 atom stereocenters. The van der Waals surface area contributed by atoms with E-state index in [-0.39, 0.29) is 49.0 Å². The zero-order valence-corrected chi connectivity index (χ0v) is 26.2. The van der Waals surface area contributed by atoms with Crippen LogP contribution in [-0.2, 0) is 18.5 Å². The van der Waals surface area contributed by atoms with Crippen LogP contribution in [0.3, 0.4) is 0 Å². The van der Waals surface area contributed by atoms with E-state index in [1.54, 1.807) is 35.2 Å². The summed E-state index contributed by atoms with van der Waals surface area (Å²) in [6.45, 7) is 10.6. The second kappa shape index (κ2) is 14.8. The molecule has 0 spiro atoms. The van der Waals surface area contributed by atoms with E-state index in [1.165, 1.54) is 7.11 Å². The quantitative estimate of drug-likeness (QED) is 0.154. The highest BCUT2D eigenvalue weighted by atomic mass is 31.2. The normalized spacial score (nSPS) is 19.2. The van der Waals surface area contributed by atoms with Gasteiger partial charge in [-0.05, 0) is 46.2 Å². The average Bonchev–Trinajstić information content (AvgIpc) is 3.60. The summed E-state index contributed by atoms with van der Waals surface area (Å²) in [6, 6.07) is 11.1. The number of ether oxygens (including phenoxy) is 2. The van der Waals surface area contributed by atoms with Gasteiger partial charge in [-0.15, -0.1) is 0 Å². The molecule has 1 fully saturated rings. The minimum absolute atomic E-state index is 0.0785. The van der Waals surface area contributed by atoms with Gasteiger partial charge in [0.2, 0.25) is 5.82 Å². The number of benzene rings is 1. The van der Waals surface area contributed by atoms with Crippen LogP contribution in [0.25, 0.3) is 11.2 Å². The van der Waals surface area contributed by atoms with E-state index in [0.29, 0.717) is 29.6 Å². The van der Waals surface area contributed by atoms with E-state index < -0.39 is 26.6 Å². The number of aromatic nitrogens is 4. The fraction of sp³-hybridized carbons (Fsp3) is 0.517. The van der Waals surface area contributed by atoms with Crippen LogP contribution >= 0.6 is 8.53 Å². The highest BCUT2D eigenvalue weighted by molar-refractivity contribution is 7.44. The first-order valence-electron chi connectivity index (χ1n) is 14.3. The monoisotopic (exact) mass is 611 g/mol. The van der Waals surface area contributed by atoms with Gasteiger partial charge in [-0.1, -0.05) is 25.1 Å². The Morgan fingerprint density at radius 3 is 2.56 bits per heavy atom. The van der Waals surface area contributed by atoms with Crippen LogP contribution in [-0.4, -0.2) is 74.1 Å². The first-order valence-corrected chi connectivity index (χ1v) is 15.4. The molecule has 43 heavy (non-hydrogen) atoms. The van der Waals surface area contributed by atoms with Crippen molar-refractivity contribution in [3.63, 3.8) is 0 Å². The van der Waals surface area contributed by atoms with Crippen molar-refractivity contribution in [1.82, 2.24) is 24.2 Å². The Balaban J connectivity index is 1.65. The number of anilines is 1. The Morgan fingerprint density at radius 1 is 1.21 bits per heavy atom. The van der Waals surface area contributed by atoms with Gasteiger partial charge < -0.3 is 23.8 Å². The molecule has 1 amide bonds. The van der Waals surface area contributed by atoms with Crippen LogP contribution in [0.15, 0.2) is 36.7 Å². The molecule has 0 radical (unpaired) electrons. The zero-order chi connectivity index (χ0) is 31.1. The molecule has 1 aliphatic heterocycles. The molecule has 0 aliphatic carbocycles. The maximum Gasteiger partial charge on any atom is 0.376 e. The predicted octanol–water partition coefficient (Wildman–Crippen LogP) is 5.22. The molecular weight excluding hydrogens is 573 g/mol. The van der Waals surface area contributed by atoms with Crippen molar-refractivity contribution in [2.75, 3.05) is 19.0 Å². The highest BCUT2D eigenvalue weighted by Crippen LogP contribution is 2.50. The summed E-state index contributed by atoms with van der Waals surface area (Å²) in [5, 5.41) is 11.8. The third-order valence-electron chi connectivity index (χ3n) is 6.84. The Hall–Kier alpha value is -3.53. The number of rotatable bonds is 13. The number of carbonyl (C=O) groups is 2. The number of amides is 1. The number of nitrogens with zero attached hydrogens (tertiary/aromatic N) is 6. The molecule has 13 nitrogen and oxygen atoms in total. The molecule has 230 valence electrons. The Bertz CT molecular complexity index is 1440. The maximum absolute atomic E-state index is 12.9. The minimum Gasteiger partial charge on any atom is -0.463 e. The second-order valence-electron chi connectivity index (χ2n) is 10.5. The predicted molar refractivity (Wildman–Crippen MR) is 160 cm³/mol. The molecule has 0 saturated carbocycles. The van der Waals surface area contributed by atoms with Crippen LogP contribution in [0, 0.1) is 11.3 Å². The van der Waals surface area contributed by atoms with Gasteiger partial charge in [0.15, 0.2) is 17.0 Å². The standard InChI is InChI=1S/C29H38N7O6P/c1-7-21-22(42-43(40-15-11-14-30)36(18(2)3)19(4)5)16-23(41-21)35-17-31-24-25(32-26(29(38)39-6)33-27(24)35)34-28(37)20-12-9-8-10-13-20/h8-10,12-13,17-19,21-23H,7,11,15-16H2,1-6H3,(H,32,33,34,37)/t21-,22?,23-,43?/m1/s1. The largest absolute Gasteiger partial charge is 0.463 e. The van der Waals surface area contributed by atoms with Gasteiger partial charge in [-0.3, -0.25) is 9.36 Å². The molecular formula is C29H38N7O6P. The molecule has 3 aromatic rings. The van der Waals surface area contributed by atoms with Crippen molar-refractivity contribution in [2.45, 2.75) is 84.4 Å². The van der Waals surface area contributed by atoms with Crippen molar-refractivity contribution in [2.24, 2.45) is 0 Å². The number of nitrogens with one attached hydrogen (secondary N) is 1. The van der Waals surface area contributed by atoms with Crippen molar-refractivity contribution in [3.05, 3.63) is 48.0 Å². The first-order chi connectivity index (χ1) is 20.7. The molecule has 3 heterocycles. The lowest BCUT2D eigenvalue weighted by molar-refractivity contribution is -0.0166. The van der Waals surface area contributed by atoms with Crippen LogP contribution < -0.4 is 5.32 Å². The zero-order valence-electron chi connectivity index (χ0n) is 25.3. The van der Waals surface area contributed by atoms with E-state index in [9.17, 15) is 9.59 Å². The fourth-order valence-electron chi connectivity index (χ4n) is 4.92. The van der Waals surface area contributed by atoms with Gasteiger partial charge in [0, 0.05) is 24.1 Å². The second-order valence-corrected chi connectivity index (χ2v) is 11.9. The summed E-state index contributed by atoms with van der Waals surface area (Å²) in [5.41, 5.74) is 1.02. The molecule has 2 aromatic heterocycles. The number of methoxy groups -OCH3 is 1. The van der Waals surface area contributed by atoms with Gasteiger partial charge in [-0.2, -0.15) is 5.26 Å². The third kappa shape index (κ3) is 7.52. The van der Waals surface area contributed by atoms with Gasteiger partial charge >= 0.3 is 5.97 Å². The lowest BCUT2D eigenvalue weighted by atomic mass is 10.1. The molecule has 4 rings (SSSR count). The lowest BCUT2D eigenvalue weighted by Crippen LogP contribution is -2.35. The third-order valence-corrected chi connectivity index (χ3v) is 8.99. The SMILES string of the molecule is CC[C@H]1O[C@@H](n2cnc3c(NC(=O)c4ccccc4)nc(C(=O)OC)nc32)CC1OP(OCCC#N)N(C(C)C)C(C)C. The Labute approximate surface area is 252 Å². The molecule has 2 unspecified atom stereocenters. The summed E-state index contributed by atoms with van der Waals surface area (Å²) < 4.78 is 28.0. The molecule has 1 aliphatic rings. The fourth-order valence-corrected chi connectivity index (χ4v) is 6.68. The van der Waals surface area contributed by atoms with Crippen molar-refractivity contribution >= 4 is 37.4 Å². The number of hydrogen-bond acceptors (Lipinski definition) is 11. The topological polar surface area (TPSA) is 154 Å². The Kier molecular flexibility index (Phi) is 11.1. The molecule has 1 N–H and O–H groups in total. The van der Waals surface area contributed by atoms with Crippen LogP contribution in [0.1, 0.15) is 81.1 Å². The summed E-state index contributed by atoms with van der Waals surface area (Å²) >= 11 is 0. The summed E-state index contributed by atoms with van der Waals surface area (Å²) in [4.78, 5) is 38.6. The van der Waals surface area contributed by atoms with Gasteiger partial charge in [0.1, 0.15) is 6.23 Å². The number of nitriles is 1. The van der Waals surface area contributed by atoms with E-state index in [1.807, 2.05) is 13.0 Å². The minimum atomic E-state index is -1.48. The van der Waals surface area contributed by atoms with E-state index in [0.717, 1.165) is 0 Å². The van der Waals surface area contributed by atoms with E-state index >= 15 is 0 Å². The molecule has 0 bridgehead atoms. The van der Waals surface area contributed by atoms with Gasteiger partial charge in [0.05, 0.1) is 44.7 Å². The molecule has 14 heteroatoms. The maximum atomic E-state index is 12.9. The van der Waals surface area contributed by atoms with Crippen LogP contribution in [0.4, 0.5) is 5.82 Å². The first kappa shape index (κ1) is 32.4. The number of hydrogen-bond donors (Lipinski definition) is 1. The van der Waals surface area contributed by atoms with Crippen LogP contribution in [0.2, 0.25) is 0 Å². The smallest absolute Gasteiger partial charge is 0.376 e. The number of fused-ring (bicyclic) bond motifs is 1. The Morgan fingerprint density at radius 2 is 1.93 bits per heavy atom. The lowest BCUT2D eigenvalue weighted by Gasteiger charge is -2.37. The summed E-state index contributed by atoms with van der Waals surface area (Å²) in [6.07, 6.45) is 1.85. The van der Waals surface area contributed by atoms with E-state index in [4.69, 9.17) is 23.8 Å². The van der Waals surface area contributed by atoms with Crippen LogP contribution in [0.5, 0.6) is 0 Å². The van der Waals surface area contributed by atoms with Gasteiger partial charge in [0.25, 0.3) is 14.4 Å². The summed E-state index contributed by atoms with van der Waals surface area (Å²) in [7, 11) is -0.246. The van der Waals surface area contributed by atoms with Crippen molar-refractivity contribution < 1.29 is 28.1 Å². The number of esters is 1. The van der Waals surface area contributed by atoms with Crippen molar-refractivity contribution in [3.8, 4) is 6.07 Å².